The van der Waals surface area contributed by atoms with Crippen LogP contribution in [0.25, 0.3) is 0 Å². The normalized spacial score (nSPS) is 11.1. The Morgan fingerprint density at radius 1 is 0.950 bits per heavy atom. The molecule has 0 aliphatic rings. The number of guanidine groups is 1. The lowest BCUT2D eigenvalue weighted by Crippen LogP contribution is -2.38. The molecular weight excluding hydrogens is 373 g/mol. The van der Waals surface area contributed by atoms with Gasteiger partial charge in [0.2, 0.25) is 0 Å². The summed E-state index contributed by atoms with van der Waals surface area (Å²) in [4.78, 5) is 4.45. The summed E-state index contributed by atoms with van der Waals surface area (Å²) >= 11 is 0. The molecule has 20 heavy (non-hydrogen) atoms. The summed E-state index contributed by atoms with van der Waals surface area (Å²) in [5.74, 6) is 0.857. The zero-order valence-corrected chi connectivity index (χ0v) is 15.3. The summed E-state index contributed by atoms with van der Waals surface area (Å²) in [7, 11) is 3.38. The van der Waals surface area contributed by atoms with Crippen LogP contribution >= 0.6 is 24.0 Å². The molecule has 0 fully saturated rings. The van der Waals surface area contributed by atoms with Crippen LogP contribution in [0.4, 0.5) is 0 Å². The quantitative estimate of drug-likeness (QED) is 0.222. The molecular formula is C13H30IN3O3. The van der Waals surface area contributed by atoms with Crippen molar-refractivity contribution in [3.63, 3.8) is 0 Å². The zero-order valence-electron chi connectivity index (χ0n) is 12.9. The maximum Gasteiger partial charge on any atom is 0.191 e. The van der Waals surface area contributed by atoms with E-state index >= 15 is 0 Å². The van der Waals surface area contributed by atoms with Crippen molar-refractivity contribution in [1.29, 1.82) is 0 Å². The summed E-state index contributed by atoms with van der Waals surface area (Å²) in [5.41, 5.74) is 0. The number of hydrogen-bond acceptors (Lipinski definition) is 4. The van der Waals surface area contributed by atoms with Gasteiger partial charge in [0.05, 0.1) is 13.2 Å². The summed E-state index contributed by atoms with van der Waals surface area (Å²) in [6, 6.07) is 0. The van der Waals surface area contributed by atoms with E-state index in [1.54, 1.807) is 14.2 Å². The van der Waals surface area contributed by atoms with Crippen molar-refractivity contribution in [3.8, 4) is 0 Å². The molecule has 0 saturated carbocycles. The summed E-state index contributed by atoms with van der Waals surface area (Å²) in [5, 5.41) is 6.48. The van der Waals surface area contributed by atoms with Gasteiger partial charge in [-0.2, -0.15) is 0 Å². The highest BCUT2D eigenvalue weighted by molar-refractivity contribution is 14.0. The lowest BCUT2D eigenvalue weighted by Gasteiger charge is -2.11. The third kappa shape index (κ3) is 15.9. The van der Waals surface area contributed by atoms with Crippen LogP contribution in [-0.2, 0) is 14.2 Å². The minimum absolute atomic E-state index is 0. The van der Waals surface area contributed by atoms with Crippen LogP contribution in [0.1, 0.15) is 19.8 Å². The minimum Gasteiger partial charge on any atom is -0.385 e. The first kappa shape index (κ1) is 22.2. The van der Waals surface area contributed by atoms with Crippen LogP contribution in [0.15, 0.2) is 4.99 Å². The summed E-state index contributed by atoms with van der Waals surface area (Å²) in [6.45, 7) is 7.33. The number of nitrogens with one attached hydrogen (secondary N) is 2. The number of rotatable bonds is 12. The van der Waals surface area contributed by atoms with Crippen molar-refractivity contribution in [2.24, 2.45) is 4.99 Å². The Morgan fingerprint density at radius 2 is 1.70 bits per heavy atom. The van der Waals surface area contributed by atoms with E-state index < -0.39 is 0 Å². The predicted molar refractivity (Wildman–Crippen MR) is 93.2 cm³/mol. The summed E-state index contributed by atoms with van der Waals surface area (Å²) < 4.78 is 15.3. The summed E-state index contributed by atoms with van der Waals surface area (Å²) in [6.07, 6.45) is 1.89. The number of methoxy groups -OCH3 is 2. The van der Waals surface area contributed by atoms with E-state index in [1.165, 1.54) is 0 Å². The van der Waals surface area contributed by atoms with Crippen molar-refractivity contribution in [1.82, 2.24) is 10.6 Å². The van der Waals surface area contributed by atoms with E-state index in [0.29, 0.717) is 13.2 Å². The molecule has 0 aromatic carbocycles. The molecule has 0 saturated heterocycles. The van der Waals surface area contributed by atoms with Crippen LogP contribution in [0.3, 0.4) is 0 Å². The number of hydrogen-bond donors (Lipinski definition) is 2. The van der Waals surface area contributed by atoms with Gasteiger partial charge in [-0.15, -0.1) is 24.0 Å². The standard InChI is InChI=1S/C13H29N3O3.HI/c1-4-14-13(15-7-5-9-17-2)16-8-6-10-19-12-11-18-3;/h4-12H2,1-3H3,(H2,14,15,16);1H. The molecule has 0 radical (unpaired) electrons. The van der Waals surface area contributed by atoms with Crippen molar-refractivity contribution in [2.45, 2.75) is 19.8 Å². The van der Waals surface area contributed by atoms with Crippen LogP contribution in [0, 0.1) is 0 Å². The fourth-order valence-electron chi connectivity index (χ4n) is 1.37. The molecule has 0 amide bonds. The zero-order chi connectivity index (χ0) is 14.2. The highest BCUT2D eigenvalue weighted by Gasteiger charge is 1.96. The fraction of sp³-hybridized carbons (Fsp3) is 0.923. The molecule has 0 atom stereocenters. The van der Waals surface area contributed by atoms with E-state index in [2.05, 4.69) is 22.5 Å². The Labute approximate surface area is 140 Å². The second kappa shape index (κ2) is 18.9. The van der Waals surface area contributed by atoms with Crippen molar-refractivity contribution in [3.05, 3.63) is 0 Å². The van der Waals surface area contributed by atoms with Gasteiger partial charge < -0.3 is 24.8 Å². The molecule has 0 bridgehead atoms. The Bertz CT molecular complexity index is 219. The average molecular weight is 403 g/mol. The topological polar surface area (TPSA) is 64.1 Å². The number of aliphatic imine (C=N–C) groups is 1. The molecule has 6 nitrogen and oxygen atoms in total. The van der Waals surface area contributed by atoms with Gasteiger partial charge in [-0.05, 0) is 19.8 Å². The first-order valence-electron chi connectivity index (χ1n) is 6.93. The molecule has 0 aliphatic heterocycles. The maximum atomic E-state index is 5.39. The highest BCUT2D eigenvalue weighted by atomic mass is 127. The molecule has 2 N–H and O–H groups in total. The SMILES string of the molecule is CCNC(=NCCCOC)NCCCOCCOC.I. The van der Waals surface area contributed by atoms with Gasteiger partial charge >= 0.3 is 0 Å². The van der Waals surface area contributed by atoms with Crippen molar-refractivity contribution in [2.75, 3.05) is 60.3 Å². The second-order valence-electron chi connectivity index (χ2n) is 3.99. The first-order valence-corrected chi connectivity index (χ1v) is 6.93. The Morgan fingerprint density at radius 3 is 2.35 bits per heavy atom. The predicted octanol–water partition coefficient (Wildman–Crippen LogP) is 1.25. The lowest BCUT2D eigenvalue weighted by atomic mass is 10.4. The van der Waals surface area contributed by atoms with E-state index in [-0.39, 0.29) is 24.0 Å². The number of ether oxygens (including phenoxy) is 3. The maximum absolute atomic E-state index is 5.39. The fourth-order valence-corrected chi connectivity index (χ4v) is 1.37. The van der Waals surface area contributed by atoms with E-state index in [9.17, 15) is 0 Å². The minimum atomic E-state index is 0. The third-order valence-corrected chi connectivity index (χ3v) is 2.31. The van der Waals surface area contributed by atoms with Crippen LogP contribution < -0.4 is 10.6 Å². The molecule has 0 aromatic rings. The van der Waals surface area contributed by atoms with Gasteiger partial charge in [0.1, 0.15) is 0 Å². The van der Waals surface area contributed by atoms with Gasteiger partial charge in [-0.1, -0.05) is 0 Å². The lowest BCUT2D eigenvalue weighted by molar-refractivity contribution is 0.0698. The Hall–Kier alpha value is -0.120. The van der Waals surface area contributed by atoms with Gasteiger partial charge in [0.15, 0.2) is 5.96 Å². The molecule has 0 heterocycles. The van der Waals surface area contributed by atoms with E-state index in [0.717, 1.165) is 51.6 Å². The highest BCUT2D eigenvalue weighted by Crippen LogP contribution is 1.85. The monoisotopic (exact) mass is 403 g/mol. The molecule has 0 rings (SSSR count). The second-order valence-corrected chi connectivity index (χ2v) is 3.99. The third-order valence-electron chi connectivity index (χ3n) is 2.31. The molecule has 0 unspecified atom stereocenters. The Balaban J connectivity index is 0. The molecule has 122 valence electrons. The van der Waals surface area contributed by atoms with Gasteiger partial charge in [0.25, 0.3) is 0 Å². The van der Waals surface area contributed by atoms with Crippen molar-refractivity contribution < 1.29 is 14.2 Å². The largest absolute Gasteiger partial charge is 0.385 e. The number of halogens is 1. The van der Waals surface area contributed by atoms with Crippen LogP contribution in [0.5, 0.6) is 0 Å². The van der Waals surface area contributed by atoms with E-state index in [1.807, 2.05) is 0 Å². The van der Waals surface area contributed by atoms with Gasteiger partial charge in [-0.25, -0.2) is 0 Å². The molecule has 0 aromatic heterocycles. The molecule has 0 spiro atoms. The van der Waals surface area contributed by atoms with Gasteiger partial charge in [-0.3, -0.25) is 4.99 Å². The molecule has 7 heteroatoms. The first-order chi connectivity index (χ1) is 9.35. The van der Waals surface area contributed by atoms with Crippen LogP contribution in [-0.4, -0.2) is 66.2 Å². The van der Waals surface area contributed by atoms with Gasteiger partial charge in [0, 0.05) is 47.1 Å². The van der Waals surface area contributed by atoms with E-state index in [4.69, 9.17) is 14.2 Å². The van der Waals surface area contributed by atoms with Crippen LogP contribution in [0.2, 0.25) is 0 Å². The smallest absolute Gasteiger partial charge is 0.191 e. The Kier molecular flexibility index (Phi) is 20.9. The molecule has 0 aliphatic carbocycles. The van der Waals surface area contributed by atoms with Crippen molar-refractivity contribution >= 4 is 29.9 Å². The average Bonchev–Trinajstić information content (AvgIpc) is 2.42. The number of nitrogens with zero attached hydrogens (tertiary/aromatic N) is 1.